The summed E-state index contributed by atoms with van der Waals surface area (Å²) in [6.45, 7) is 8.59. The van der Waals surface area contributed by atoms with Gasteiger partial charge in [-0.25, -0.2) is 0 Å². The molecule has 1 atom stereocenters. The number of carbonyl (C=O) groups excluding carboxylic acids is 1. The summed E-state index contributed by atoms with van der Waals surface area (Å²) in [6, 6.07) is 15.8. The van der Waals surface area contributed by atoms with Gasteiger partial charge in [0, 0.05) is 10.0 Å². The Balaban J connectivity index is 2.07. The first kappa shape index (κ1) is 16.8. The Bertz CT molecular complexity index is 639. The van der Waals surface area contributed by atoms with Crippen molar-refractivity contribution in [1.82, 2.24) is 5.32 Å². The van der Waals surface area contributed by atoms with Crippen molar-refractivity contribution in [2.45, 2.75) is 39.2 Å². The molecule has 1 amide bonds. The standard InChI is InChI=1S/C19H22BrNO/c1-13(14-5-9-16(10-6-14)19(2,3)4)21-18(22)15-7-11-17(20)12-8-15/h5-13H,1-4H3,(H,21,22). The Hall–Kier alpha value is -1.61. The van der Waals surface area contributed by atoms with Crippen molar-refractivity contribution in [3.8, 4) is 0 Å². The Morgan fingerprint density at radius 3 is 2.05 bits per heavy atom. The van der Waals surface area contributed by atoms with Crippen molar-refractivity contribution in [3.05, 3.63) is 69.7 Å². The number of halogens is 1. The molecule has 0 saturated carbocycles. The third-order valence-corrected chi connectivity index (χ3v) is 4.26. The summed E-state index contributed by atoms with van der Waals surface area (Å²) in [5, 5.41) is 3.04. The van der Waals surface area contributed by atoms with E-state index in [1.54, 1.807) is 0 Å². The topological polar surface area (TPSA) is 29.1 Å². The monoisotopic (exact) mass is 359 g/mol. The third kappa shape index (κ3) is 4.20. The minimum Gasteiger partial charge on any atom is -0.346 e. The van der Waals surface area contributed by atoms with Crippen LogP contribution in [-0.4, -0.2) is 5.91 Å². The molecule has 2 aromatic rings. The fraction of sp³-hybridized carbons (Fsp3) is 0.316. The van der Waals surface area contributed by atoms with Crippen LogP contribution in [0, 0.1) is 0 Å². The highest BCUT2D eigenvalue weighted by Gasteiger charge is 2.15. The molecule has 1 N–H and O–H groups in total. The molecule has 1 unspecified atom stereocenters. The number of benzene rings is 2. The first-order chi connectivity index (χ1) is 10.3. The summed E-state index contributed by atoms with van der Waals surface area (Å²) in [5.74, 6) is -0.0557. The van der Waals surface area contributed by atoms with Crippen LogP contribution in [-0.2, 0) is 5.41 Å². The van der Waals surface area contributed by atoms with E-state index in [0.29, 0.717) is 5.56 Å². The lowest BCUT2D eigenvalue weighted by molar-refractivity contribution is 0.0940. The highest BCUT2D eigenvalue weighted by atomic mass is 79.9. The van der Waals surface area contributed by atoms with Gasteiger partial charge in [-0.3, -0.25) is 4.79 Å². The zero-order valence-electron chi connectivity index (χ0n) is 13.5. The van der Waals surface area contributed by atoms with E-state index < -0.39 is 0 Å². The normalized spacial score (nSPS) is 12.8. The molecule has 0 aliphatic rings. The average molecular weight is 360 g/mol. The molecule has 2 aromatic carbocycles. The van der Waals surface area contributed by atoms with Crippen molar-refractivity contribution < 1.29 is 4.79 Å². The van der Waals surface area contributed by atoms with E-state index in [2.05, 4.69) is 66.3 Å². The summed E-state index contributed by atoms with van der Waals surface area (Å²) >= 11 is 3.37. The molecule has 0 radical (unpaired) electrons. The van der Waals surface area contributed by atoms with E-state index in [4.69, 9.17) is 0 Å². The molecule has 2 nitrogen and oxygen atoms in total. The maximum Gasteiger partial charge on any atom is 0.251 e. The second kappa shape index (κ2) is 6.66. The molecule has 3 heteroatoms. The van der Waals surface area contributed by atoms with E-state index >= 15 is 0 Å². The lowest BCUT2D eigenvalue weighted by Crippen LogP contribution is -2.26. The van der Waals surface area contributed by atoms with Gasteiger partial charge in [0.05, 0.1) is 6.04 Å². The van der Waals surface area contributed by atoms with Crippen molar-refractivity contribution in [3.63, 3.8) is 0 Å². The number of hydrogen-bond donors (Lipinski definition) is 1. The van der Waals surface area contributed by atoms with Gasteiger partial charge in [-0.2, -0.15) is 0 Å². The van der Waals surface area contributed by atoms with Gasteiger partial charge in [0.25, 0.3) is 5.91 Å². The zero-order chi connectivity index (χ0) is 16.3. The fourth-order valence-electron chi connectivity index (χ4n) is 2.24. The Kier molecular flexibility index (Phi) is 5.07. The van der Waals surface area contributed by atoms with Gasteiger partial charge in [0.15, 0.2) is 0 Å². The molecular formula is C19H22BrNO. The smallest absolute Gasteiger partial charge is 0.251 e. The van der Waals surface area contributed by atoms with Crippen molar-refractivity contribution >= 4 is 21.8 Å². The van der Waals surface area contributed by atoms with Crippen LogP contribution in [0.2, 0.25) is 0 Å². The van der Waals surface area contributed by atoms with Gasteiger partial charge in [0.1, 0.15) is 0 Å². The van der Waals surface area contributed by atoms with Crippen LogP contribution in [0.4, 0.5) is 0 Å². The molecule has 22 heavy (non-hydrogen) atoms. The van der Waals surface area contributed by atoms with E-state index in [-0.39, 0.29) is 17.4 Å². The first-order valence-electron chi connectivity index (χ1n) is 7.44. The highest BCUT2D eigenvalue weighted by molar-refractivity contribution is 9.10. The van der Waals surface area contributed by atoms with Crippen LogP contribution in [0.5, 0.6) is 0 Å². The third-order valence-electron chi connectivity index (χ3n) is 3.73. The van der Waals surface area contributed by atoms with Crippen LogP contribution in [0.25, 0.3) is 0 Å². The summed E-state index contributed by atoms with van der Waals surface area (Å²) in [6.07, 6.45) is 0. The molecule has 0 aromatic heterocycles. The fourth-order valence-corrected chi connectivity index (χ4v) is 2.50. The molecule has 0 aliphatic carbocycles. The Labute approximate surface area is 141 Å². The minimum atomic E-state index is -0.0557. The summed E-state index contributed by atoms with van der Waals surface area (Å²) in [5.41, 5.74) is 3.21. The molecule has 2 rings (SSSR count). The van der Waals surface area contributed by atoms with E-state index in [0.717, 1.165) is 10.0 Å². The molecule has 0 spiro atoms. The zero-order valence-corrected chi connectivity index (χ0v) is 15.1. The van der Waals surface area contributed by atoms with Crippen molar-refractivity contribution in [1.29, 1.82) is 0 Å². The number of amides is 1. The van der Waals surface area contributed by atoms with Gasteiger partial charge in [0.2, 0.25) is 0 Å². The van der Waals surface area contributed by atoms with Crippen LogP contribution >= 0.6 is 15.9 Å². The Morgan fingerprint density at radius 1 is 1.00 bits per heavy atom. The summed E-state index contributed by atoms with van der Waals surface area (Å²) in [7, 11) is 0. The highest BCUT2D eigenvalue weighted by Crippen LogP contribution is 2.24. The number of carbonyl (C=O) groups is 1. The lowest BCUT2D eigenvalue weighted by Gasteiger charge is -2.20. The maximum atomic E-state index is 12.2. The lowest BCUT2D eigenvalue weighted by atomic mass is 9.86. The average Bonchev–Trinajstić information content (AvgIpc) is 2.47. The van der Waals surface area contributed by atoms with Crippen LogP contribution in [0.15, 0.2) is 53.0 Å². The van der Waals surface area contributed by atoms with Gasteiger partial charge < -0.3 is 5.32 Å². The number of nitrogens with one attached hydrogen (secondary N) is 1. The number of hydrogen-bond acceptors (Lipinski definition) is 1. The Morgan fingerprint density at radius 2 is 1.55 bits per heavy atom. The molecule has 0 saturated heterocycles. The second-order valence-electron chi connectivity index (χ2n) is 6.57. The van der Waals surface area contributed by atoms with Crippen molar-refractivity contribution in [2.75, 3.05) is 0 Å². The maximum absolute atomic E-state index is 12.2. The van der Waals surface area contributed by atoms with Crippen LogP contribution in [0.1, 0.15) is 55.2 Å². The van der Waals surface area contributed by atoms with E-state index in [1.165, 1.54) is 5.56 Å². The van der Waals surface area contributed by atoms with Gasteiger partial charge >= 0.3 is 0 Å². The van der Waals surface area contributed by atoms with Gasteiger partial charge in [-0.15, -0.1) is 0 Å². The molecule has 116 valence electrons. The number of rotatable bonds is 3. The van der Waals surface area contributed by atoms with Gasteiger partial charge in [-0.1, -0.05) is 61.0 Å². The SMILES string of the molecule is CC(NC(=O)c1ccc(Br)cc1)c1ccc(C(C)(C)C)cc1. The molecule has 0 aliphatic heterocycles. The molecule has 0 bridgehead atoms. The summed E-state index contributed by atoms with van der Waals surface area (Å²) in [4.78, 5) is 12.2. The van der Waals surface area contributed by atoms with Gasteiger partial charge in [-0.05, 0) is 47.7 Å². The second-order valence-corrected chi connectivity index (χ2v) is 7.49. The quantitative estimate of drug-likeness (QED) is 0.797. The predicted molar refractivity (Wildman–Crippen MR) is 95.2 cm³/mol. The van der Waals surface area contributed by atoms with Crippen LogP contribution in [0.3, 0.4) is 0 Å². The van der Waals surface area contributed by atoms with Crippen LogP contribution < -0.4 is 5.32 Å². The predicted octanol–water partition coefficient (Wildman–Crippen LogP) is 5.24. The van der Waals surface area contributed by atoms with Crippen molar-refractivity contribution in [2.24, 2.45) is 0 Å². The minimum absolute atomic E-state index is 0.0230. The first-order valence-corrected chi connectivity index (χ1v) is 8.23. The molecule has 0 heterocycles. The molecule has 0 fully saturated rings. The van der Waals surface area contributed by atoms with E-state index in [1.807, 2.05) is 31.2 Å². The summed E-state index contributed by atoms with van der Waals surface area (Å²) < 4.78 is 0.967. The van der Waals surface area contributed by atoms with E-state index in [9.17, 15) is 4.79 Å². The molecular weight excluding hydrogens is 338 g/mol. The largest absolute Gasteiger partial charge is 0.346 e.